The molecule has 1 aliphatic carbocycles. The van der Waals surface area contributed by atoms with E-state index in [1.807, 2.05) is 20.8 Å². The highest BCUT2D eigenvalue weighted by Crippen LogP contribution is 2.54. The van der Waals surface area contributed by atoms with Crippen molar-refractivity contribution in [3.05, 3.63) is 0 Å². The molecule has 0 aromatic carbocycles. The number of esters is 1. The van der Waals surface area contributed by atoms with E-state index in [0.29, 0.717) is 44.7 Å². The first-order valence-corrected chi connectivity index (χ1v) is 10.3. The molecule has 6 heteroatoms. The highest BCUT2D eigenvalue weighted by molar-refractivity contribution is 5.88. The van der Waals surface area contributed by atoms with Crippen LogP contribution in [0, 0.1) is 17.3 Å². The molecular formula is C21H33NO5. The zero-order valence-corrected chi connectivity index (χ0v) is 17.1. The Morgan fingerprint density at radius 3 is 2.56 bits per heavy atom. The van der Waals surface area contributed by atoms with Gasteiger partial charge in [0.25, 0.3) is 0 Å². The molecule has 4 atom stereocenters. The van der Waals surface area contributed by atoms with Gasteiger partial charge in [-0.1, -0.05) is 6.92 Å². The quantitative estimate of drug-likeness (QED) is 0.600. The van der Waals surface area contributed by atoms with Crippen molar-refractivity contribution in [3.8, 4) is 0 Å². The van der Waals surface area contributed by atoms with E-state index in [0.717, 1.165) is 19.3 Å². The third-order valence-corrected chi connectivity index (χ3v) is 6.31. The second-order valence-corrected chi connectivity index (χ2v) is 9.59. The second kappa shape index (κ2) is 7.44. The van der Waals surface area contributed by atoms with Gasteiger partial charge in [-0.3, -0.25) is 9.59 Å². The summed E-state index contributed by atoms with van der Waals surface area (Å²) >= 11 is 0. The molecule has 2 heterocycles. The number of ether oxygens (including phenoxy) is 2. The first-order valence-electron chi connectivity index (χ1n) is 10.3. The average Bonchev–Trinajstić information content (AvgIpc) is 2.59. The van der Waals surface area contributed by atoms with Gasteiger partial charge in [-0.15, -0.1) is 0 Å². The normalized spacial score (nSPS) is 35.1. The van der Waals surface area contributed by atoms with E-state index >= 15 is 0 Å². The molecule has 1 amide bonds. The summed E-state index contributed by atoms with van der Waals surface area (Å²) in [4.78, 5) is 39.5. The smallest absolute Gasteiger partial charge is 0.410 e. The highest BCUT2D eigenvalue weighted by Gasteiger charge is 2.58. The Bertz CT molecular complexity index is 590. The number of rotatable bonds is 0. The highest BCUT2D eigenvalue weighted by atomic mass is 16.6. The number of amides is 1. The van der Waals surface area contributed by atoms with E-state index in [9.17, 15) is 14.4 Å². The van der Waals surface area contributed by atoms with Crippen LogP contribution in [-0.4, -0.2) is 47.5 Å². The summed E-state index contributed by atoms with van der Waals surface area (Å²) in [6.45, 7) is 8.86. The topological polar surface area (TPSA) is 72.9 Å². The second-order valence-electron chi connectivity index (χ2n) is 9.59. The van der Waals surface area contributed by atoms with Crippen molar-refractivity contribution in [1.29, 1.82) is 0 Å². The van der Waals surface area contributed by atoms with Crippen LogP contribution in [0.2, 0.25) is 0 Å². The van der Waals surface area contributed by atoms with Crippen LogP contribution in [0.3, 0.4) is 0 Å². The van der Waals surface area contributed by atoms with Gasteiger partial charge in [-0.05, 0) is 64.7 Å². The molecule has 2 aliphatic heterocycles. The van der Waals surface area contributed by atoms with Crippen molar-refractivity contribution >= 4 is 17.8 Å². The predicted octanol–water partition coefficient (Wildman–Crippen LogP) is 3.71. The van der Waals surface area contributed by atoms with E-state index in [2.05, 4.69) is 6.92 Å². The summed E-state index contributed by atoms with van der Waals surface area (Å²) in [7, 11) is 0. The Kier molecular flexibility index (Phi) is 5.55. The Labute approximate surface area is 161 Å². The summed E-state index contributed by atoms with van der Waals surface area (Å²) in [6.07, 6.45) is 3.88. The molecule has 1 spiro atoms. The fourth-order valence-electron chi connectivity index (χ4n) is 5.22. The summed E-state index contributed by atoms with van der Waals surface area (Å²) in [5.41, 5.74) is -1.08. The van der Waals surface area contributed by atoms with Gasteiger partial charge in [0.05, 0.1) is 5.41 Å². The molecule has 3 aliphatic rings. The van der Waals surface area contributed by atoms with Crippen molar-refractivity contribution < 1.29 is 23.9 Å². The van der Waals surface area contributed by atoms with Gasteiger partial charge in [0.15, 0.2) is 0 Å². The molecule has 0 unspecified atom stereocenters. The van der Waals surface area contributed by atoms with E-state index in [-0.39, 0.29) is 29.9 Å². The minimum atomic E-state index is -0.551. The lowest BCUT2D eigenvalue weighted by Crippen LogP contribution is -2.57. The fraction of sp³-hybridized carbons (Fsp3) is 0.857. The summed E-state index contributed by atoms with van der Waals surface area (Å²) in [5.74, 6) is 0.610. The van der Waals surface area contributed by atoms with Crippen LogP contribution in [0.25, 0.3) is 0 Å². The third kappa shape index (κ3) is 4.14. The maximum Gasteiger partial charge on any atom is 0.410 e. The molecule has 3 fully saturated rings. The third-order valence-electron chi connectivity index (χ3n) is 6.31. The Morgan fingerprint density at radius 2 is 1.89 bits per heavy atom. The minimum absolute atomic E-state index is 0.0769. The first-order chi connectivity index (χ1) is 12.6. The molecular weight excluding hydrogens is 346 g/mol. The SMILES string of the molecule is C[C@@H]1C[C@H]2CC(=O)O[C@@H](C1)[C@@]21CCCN(C(=O)OC(C)(C)C)CCCC1=O. The van der Waals surface area contributed by atoms with Gasteiger partial charge in [-0.25, -0.2) is 4.79 Å². The van der Waals surface area contributed by atoms with Crippen molar-refractivity contribution in [2.45, 2.75) is 84.3 Å². The average molecular weight is 379 g/mol. The molecule has 27 heavy (non-hydrogen) atoms. The number of hydrogen-bond donors (Lipinski definition) is 0. The molecule has 0 aromatic heterocycles. The maximum atomic E-state index is 13.3. The molecule has 3 rings (SSSR count). The Hall–Kier alpha value is -1.59. The zero-order chi connectivity index (χ0) is 19.8. The molecule has 2 bridgehead atoms. The predicted molar refractivity (Wildman–Crippen MR) is 100 cm³/mol. The van der Waals surface area contributed by atoms with E-state index < -0.39 is 11.0 Å². The van der Waals surface area contributed by atoms with Gasteiger partial charge < -0.3 is 14.4 Å². The zero-order valence-electron chi connectivity index (χ0n) is 17.1. The van der Waals surface area contributed by atoms with E-state index in [1.165, 1.54) is 0 Å². The number of nitrogens with zero attached hydrogens (tertiary/aromatic N) is 1. The number of Topliss-reactive ketones (excluding diaryl/α,β-unsaturated/α-hetero) is 1. The molecule has 152 valence electrons. The van der Waals surface area contributed by atoms with Gasteiger partial charge in [0.1, 0.15) is 17.5 Å². The molecule has 0 aromatic rings. The number of carbonyl (C=O) groups is 3. The van der Waals surface area contributed by atoms with Crippen LogP contribution in [0.4, 0.5) is 4.79 Å². The molecule has 0 N–H and O–H groups in total. The van der Waals surface area contributed by atoms with E-state index in [4.69, 9.17) is 9.47 Å². The standard InChI is InChI=1S/C21H33NO5/c1-14-11-15-13-18(24)26-17(12-14)21(15)8-6-10-22(9-5-7-16(21)23)19(25)27-20(2,3)4/h14-15,17H,5-13H2,1-4H3/t14-,15+,17+,21+/m1/s1. The van der Waals surface area contributed by atoms with Crippen molar-refractivity contribution in [1.82, 2.24) is 4.90 Å². The summed E-state index contributed by atoms with van der Waals surface area (Å²) < 4.78 is 11.2. The van der Waals surface area contributed by atoms with Crippen molar-refractivity contribution in [3.63, 3.8) is 0 Å². The molecule has 0 radical (unpaired) electrons. The van der Waals surface area contributed by atoms with Crippen LogP contribution >= 0.6 is 0 Å². The van der Waals surface area contributed by atoms with E-state index in [1.54, 1.807) is 4.90 Å². The van der Waals surface area contributed by atoms with Gasteiger partial charge in [0, 0.05) is 25.9 Å². The van der Waals surface area contributed by atoms with Crippen LogP contribution in [0.15, 0.2) is 0 Å². The Morgan fingerprint density at radius 1 is 1.19 bits per heavy atom. The molecule has 1 saturated carbocycles. The maximum absolute atomic E-state index is 13.3. The number of carbonyl (C=O) groups excluding carboxylic acids is 3. The van der Waals surface area contributed by atoms with Crippen molar-refractivity contribution in [2.75, 3.05) is 13.1 Å². The monoisotopic (exact) mass is 379 g/mol. The van der Waals surface area contributed by atoms with Crippen LogP contribution in [0.5, 0.6) is 0 Å². The summed E-state index contributed by atoms with van der Waals surface area (Å²) in [5, 5.41) is 0. The number of ketones is 1. The minimum Gasteiger partial charge on any atom is -0.461 e. The fourth-order valence-corrected chi connectivity index (χ4v) is 5.22. The van der Waals surface area contributed by atoms with Crippen LogP contribution in [-0.2, 0) is 19.1 Å². The summed E-state index contributed by atoms with van der Waals surface area (Å²) in [6, 6.07) is 0. The first kappa shape index (κ1) is 20.2. The van der Waals surface area contributed by atoms with Gasteiger partial charge in [0.2, 0.25) is 0 Å². The largest absolute Gasteiger partial charge is 0.461 e. The lowest BCUT2D eigenvalue weighted by molar-refractivity contribution is -0.191. The van der Waals surface area contributed by atoms with Crippen LogP contribution in [0.1, 0.15) is 72.6 Å². The molecule has 6 nitrogen and oxygen atoms in total. The number of hydrogen-bond acceptors (Lipinski definition) is 5. The van der Waals surface area contributed by atoms with Gasteiger partial charge >= 0.3 is 12.1 Å². The lowest BCUT2D eigenvalue weighted by atomic mass is 9.55. The molecule has 2 saturated heterocycles. The van der Waals surface area contributed by atoms with Gasteiger partial charge in [-0.2, -0.15) is 0 Å². The van der Waals surface area contributed by atoms with Crippen LogP contribution < -0.4 is 0 Å². The van der Waals surface area contributed by atoms with Crippen molar-refractivity contribution in [2.24, 2.45) is 17.3 Å². The Balaban J connectivity index is 1.77. The lowest BCUT2D eigenvalue weighted by Gasteiger charge is -2.52.